The first kappa shape index (κ1) is 14.1. The molecule has 104 valence electrons. The molecule has 1 nitrogen and oxygen atoms in total. The average Bonchev–Trinajstić information content (AvgIpc) is 2.35. The van der Waals surface area contributed by atoms with Gasteiger partial charge in [0.05, 0.1) is 0 Å². The Bertz CT molecular complexity index is 296. The molecule has 0 amide bonds. The predicted octanol–water partition coefficient (Wildman–Crippen LogP) is 4.99. The van der Waals surface area contributed by atoms with Crippen molar-refractivity contribution < 1.29 is 4.79 Å². The van der Waals surface area contributed by atoms with Crippen molar-refractivity contribution in [2.45, 2.75) is 78.6 Å². The van der Waals surface area contributed by atoms with E-state index in [1.807, 2.05) is 0 Å². The van der Waals surface area contributed by atoms with Crippen LogP contribution in [0.5, 0.6) is 0 Å². The number of Topliss-reactive ketones (excluding diaryl/α,β-unsaturated/α-hetero) is 1. The molecule has 0 radical (unpaired) electrons. The minimum absolute atomic E-state index is 0.334. The summed E-state index contributed by atoms with van der Waals surface area (Å²) in [6.45, 7) is 7.15. The highest BCUT2D eigenvalue weighted by Crippen LogP contribution is 2.54. The van der Waals surface area contributed by atoms with Gasteiger partial charge >= 0.3 is 0 Å². The summed E-state index contributed by atoms with van der Waals surface area (Å²) in [5, 5.41) is 0. The molecule has 2 fully saturated rings. The molecule has 0 aromatic carbocycles. The molecule has 0 N–H and O–H groups in total. The van der Waals surface area contributed by atoms with E-state index in [4.69, 9.17) is 0 Å². The smallest absolute Gasteiger partial charge is 0.136 e. The standard InChI is InChI=1S/C17H30O/c1-4-5-8-13(2)14-9-6-10-15-16(18)11-7-12-17(14,15)3/h13-15H,4-12H2,1-3H3/t13-,14?,15-,17+/m0/s1. The molecular formula is C17H30O. The van der Waals surface area contributed by atoms with Crippen molar-refractivity contribution >= 4 is 5.78 Å². The van der Waals surface area contributed by atoms with E-state index in [2.05, 4.69) is 20.8 Å². The number of carbonyl (C=O) groups excluding carboxylic acids is 1. The molecule has 2 aliphatic carbocycles. The molecule has 0 aromatic heterocycles. The van der Waals surface area contributed by atoms with Gasteiger partial charge in [0.1, 0.15) is 5.78 Å². The van der Waals surface area contributed by atoms with Crippen molar-refractivity contribution in [3.63, 3.8) is 0 Å². The van der Waals surface area contributed by atoms with Gasteiger partial charge in [-0.05, 0) is 42.9 Å². The van der Waals surface area contributed by atoms with E-state index in [-0.39, 0.29) is 0 Å². The predicted molar refractivity (Wildman–Crippen MR) is 76.5 cm³/mol. The summed E-state index contributed by atoms with van der Waals surface area (Å²) in [6, 6.07) is 0. The summed E-state index contributed by atoms with van der Waals surface area (Å²) in [5.41, 5.74) is 0.334. The first-order valence-corrected chi connectivity index (χ1v) is 8.12. The summed E-state index contributed by atoms with van der Waals surface area (Å²) < 4.78 is 0. The largest absolute Gasteiger partial charge is 0.299 e. The topological polar surface area (TPSA) is 17.1 Å². The minimum Gasteiger partial charge on any atom is -0.299 e. The number of ketones is 1. The van der Waals surface area contributed by atoms with E-state index in [0.29, 0.717) is 17.1 Å². The van der Waals surface area contributed by atoms with Crippen molar-refractivity contribution in [3.8, 4) is 0 Å². The maximum Gasteiger partial charge on any atom is 0.136 e. The van der Waals surface area contributed by atoms with Gasteiger partial charge in [-0.3, -0.25) is 4.79 Å². The second-order valence-corrected chi connectivity index (χ2v) is 7.04. The van der Waals surface area contributed by atoms with Crippen LogP contribution in [-0.4, -0.2) is 5.78 Å². The van der Waals surface area contributed by atoms with E-state index in [9.17, 15) is 4.79 Å². The van der Waals surface area contributed by atoms with Gasteiger partial charge in [-0.1, -0.05) is 46.5 Å². The van der Waals surface area contributed by atoms with Crippen LogP contribution >= 0.6 is 0 Å². The van der Waals surface area contributed by atoms with Crippen LogP contribution < -0.4 is 0 Å². The highest BCUT2D eigenvalue weighted by Gasteiger charge is 2.49. The Morgan fingerprint density at radius 3 is 2.83 bits per heavy atom. The molecule has 0 saturated heterocycles. The molecule has 0 heterocycles. The molecule has 1 unspecified atom stereocenters. The fourth-order valence-corrected chi connectivity index (χ4v) is 4.83. The Labute approximate surface area is 113 Å². The summed E-state index contributed by atoms with van der Waals surface area (Å²) in [6.07, 6.45) is 11.1. The number of rotatable bonds is 4. The van der Waals surface area contributed by atoms with Gasteiger partial charge in [0, 0.05) is 12.3 Å². The van der Waals surface area contributed by atoms with Gasteiger partial charge in [0.25, 0.3) is 0 Å². The van der Waals surface area contributed by atoms with Gasteiger partial charge < -0.3 is 0 Å². The molecule has 2 rings (SSSR count). The van der Waals surface area contributed by atoms with Gasteiger partial charge in [0.2, 0.25) is 0 Å². The SMILES string of the molecule is CCCC[C@H](C)C1CCC[C@H]2C(=O)CCC[C@]12C. The van der Waals surface area contributed by atoms with Gasteiger partial charge in [-0.25, -0.2) is 0 Å². The molecule has 1 heteroatoms. The Balaban J connectivity index is 2.11. The molecule has 0 aromatic rings. The Morgan fingerprint density at radius 2 is 2.11 bits per heavy atom. The molecule has 0 bridgehead atoms. The third-order valence-electron chi connectivity index (χ3n) is 5.88. The van der Waals surface area contributed by atoms with Crippen molar-refractivity contribution in [1.82, 2.24) is 0 Å². The number of hydrogen-bond acceptors (Lipinski definition) is 1. The number of hydrogen-bond donors (Lipinski definition) is 0. The molecule has 2 aliphatic rings. The van der Waals surface area contributed by atoms with Crippen LogP contribution in [0.4, 0.5) is 0 Å². The first-order valence-electron chi connectivity index (χ1n) is 8.12. The molecular weight excluding hydrogens is 220 g/mol. The van der Waals surface area contributed by atoms with E-state index in [0.717, 1.165) is 24.7 Å². The third-order valence-corrected chi connectivity index (χ3v) is 5.88. The van der Waals surface area contributed by atoms with Crippen LogP contribution in [0.3, 0.4) is 0 Å². The third kappa shape index (κ3) is 2.51. The molecule has 2 saturated carbocycles. The minimum atomic E-state index is 0.334. The van der Waals surface area contributed by atoms with Gasteiger partial charge in [-0.2, -0.15) is 0 Å². The van der Waals surface area contributed by atoms with Gasteiger partial charge in [-0.15, -0.1) is 0 Å². The Hall–Kier alpha value is -0.330. The summed E-state index contributed by atoms with van der Waals surface area (Å²) in [5.74, 6) is 2.58. The first-order chi connectivity index (χ1) is 8.59. The van der Waals surface area contributed by atoms with Crippen LogP contribution in [0.2, 0.25) is 0 Å². The quantitative estimate of drug-likeness (QED) is 0.687. The number of fused-ring (bicyclic) bond motifs is 1. The molecule has 4 atom stereocenters. The fourth-order valence-electron chi connectivity index (χ4n) is 4.83. The van der Waals surface area contributed by atoms with E-state index >= 15 is 0 Å². The van der Waals surface area contributed by atoms with Crippen LogP contribution in [0.1, 0.15) is 78.6 Å². The zero-order valence-corrected chi connectivity index (χ0v) is 12.5. The fraction of sp³-hybridized carbons (Fsp3) is 0.941. The monoisotopic (exact) mass is 250 g/mol. The van der Waals surface area contributed by atoms with Crippen molar-refractivity contribution in [2.75, 3.05) is 0 Å². The lowest BCUT2D eigenvalue weighted by Gasteiger charge is -2.52. The number of unbranched alkanes of at least 4 members (excludes halogenated alkanes) is 1. The second-order valence-electron chi connectivity index (χ2n) is 7.04. The van der Waals surface area contributed by atoms with Crippen molar-refractivity contribution in [2.24, 2.45) is 23.2 Å². The van der Waals surface area contributed by atoms with Crippen LogP contribution in [0, 0.1) is 23.2 Å². The zero-order chi connectivity index (χ0) is 13.2. The van der Waals surface area contributed by atoms with Crippen LogP contribution in [0.15, 0.2) is 0 Å². The maximum atomic E-state index is 12.2. The highest BCUT2D eigenvalue weighted by atomic mass is 16.1. The van der Waals surface area contributed by atoms with E-state index < -0.39 is 0 Å². The second kappa shape index (κ2) is 5.75. The maximum absolute atomic E-state index is 12.2. The highest BCUT2D eigenvalue weighted by molar-refractivity contribution is 5.82. The molecule has 0 aliphatic heterocycles. The molecule has 0 spiro atoms. The summed E-state index contributed by atoms with van der Waals surface area (Å²) in [4.78, 5) is 12.2. The van der Waals surface area contributed by atoms with Crippen LogP contribution in [0.25, 0.3) is 0 Å². The summed E-state index contributed by atoms with van der Waals surface area (Å²) >= 11 is 0. The lowest BCUT2D eigenvalue weighted by atomic mass is 9.52. The van der Waals surface area contributed by atoms with Crippen molar-refractivity contribution in [1.29, 1.82) is 0 Å². The van der Waals surface area contributed by atoms with Crippen molar-refractivity contribution in [3.05, 3.63) is 0 Å². The van der Waals surface area contributed by atoms with E-state index in [1.54, 1.807) is 0 Å². The van der Waals surface area contributed by atoms with Crippen LogP contribution in [-0.2, 0) is 4.79 Å². The molecule has 18 heavy (non-hydrogen) atoms. The number of carbonyl (C=O) groups is 1. The Kier molecular flexibility index (Phi) is 4.50. The summed E-state index contributed by atoms with van der Waals surface area (Å²) in [7, 11) is 0. The lowest BCUT2D eigenvalue weighted by Crippen LogP contribution is -2.47. The zero-order valence-electron chi connectivity index (χ0n) is 12.5. The van der Waals surface area contributed by atoms with E-state index in [1.165, 1.54) is 44.9 Å². The normalized spacial score (nSPS) is 38.3. The Morgan fingerprint density at radius 1 is 1.33 bits per heavy atom. The lowest BCUT2D eigenvalue weighted by molar-refractivity contribution is -0.137. The van der Waals surface area contributed by atoms with Gasteiger partial charge in [0.15, 0.2) is 0 Å². The average molecular weight is 250 g/mol.